The highest BCUT2D eigenvalue weighted by Gasteiger charge is 2.33. The van der Waals surface area contributed by atoms with E-state index in [4.69, 9.17) is 5.73 Å². The molecule has 2 fully saturated rings. The molecule has 2 saturated heterocycles. The largest absolute Gasteiger partial charge is 0.330 e. The highest BCUT2D eigenvalue weighted by atomic mass is 15.3. The summed E-state index contributed by atoms with van der Waals surface area (Å²) in [6.07, 6.45) is 2.59. The quantitative estimate of drug-likeness (QED) is 0.894. The van der Waals surface area contributed by atoms with E-state index in [0.717, 1.165) is 25.0 Å². The molecule has 0 bridgehead atoms. The summed E-state index contributed by atoms with van der Waals surface area (Å²) in [5.41, 5.74) is 7.28. The molecule has 1 aromatic carbocycles. The number of rotatable bonds is 3. The SMILES string of the molecule is NCC1CC2CN(Cc3ccccc3)CCCN2C1. The molecule has 2 atom stereocenters. The van der Waals surface area contributed by atoms with Gasteiger partial charge < -0.3 is 5.73 Å². The summed E-state index contributed by atoms with van der Waals surface area (Å²) in [6.45, 7) is 6.87. The molecule has 104 valence electrons. The summed E-state index contributed by atoms with van der Waals surface area (Å²) in [4.78, 5) is 5.29. The van der Waals surface area contributed by atoms with Gasteiger partial charge in [0.05, 0.1) is 0 Å². The third-order valence-electron chi connectivity index (χ3n) is 4.59. The molecule has 2 unspecified atom stereocenters. The molecule has 3 heteroatoms. The monoisotopic (exact) mass is 259 g/mol. The number of hydrogen-bond acceptors (Lipinski definition) is 3. The van der Waals surface area contributed by atoms with Crippen LogP contribution in [0.4, 0.5) is 0 Å². The van der Waals surface area contributed by atoms with Crippen molar-refractivity contribution in [2.24, 2.45) is 11.7 Å². The van der Waals surface area contributed by atoms with Gasteiger partial charge in [-0.3, -0.25) is 9.80 Å². The predicted molar refractivity (Wildman–Crippen MR) is 78.9 cm³/mol. The molecule has 2 aliphatic heterocycles. The fraction of sp³-hybridized carbons (Fsp3) is 0.625. The minimum atomic E-state index is 0.724. The smallest absolute Gasteiger partial charge is 0.0234 e. The Labute approximate surface area is 116 Å². The number of benzene rings is 1. The van der Waals surface area contributed by atoms with E-state index in [9.17, 15) is 0 Å². The van der Waals surface area contributed by atoms with Crippen molar-refractivity contribution in [3.05, 3.63) is 35.9 Å². The second-order valence-corrected chi connectivity index (χ2v) is 6.06. The summed E-state index contributed by atoms with van der Waals surface area (Å²) < 4.78 is 0. The van der Waals surface area contributed by atoms with Crippen molar-refractivity contribution in [1.82, 2.24) is 9.80 Å². The molecule has 0 amide bonds. The molecule has 0 radical (unpaired) electrons. The first-order chi connectivity index (χ1) is 9.35. The van der Waals surface area contributed by atoms with Gasteiger partial charge in [-0.2, -0.15) is 0 Å². The van der Waals surface area contributed by atoms with Crippen molar-refractivity contribution in [1.29, 1.82) is 0 Å². The van der Waals surface area contributed by atoms with Crippen LogP contribution >= 0.6 is 0 Å². The van der Waals surface area contributed by atoms with Crippen LogP contribution in [0.25, 0.3) is 0 Å². The fourth-order valence-electron chi connectivity index (χ4n) is 3.60. The molecule has 0 aromatic heterocycles. The van der Waals surface area contributed by atoms with Crippen molar-refractivity contribution >= 4 is 0 Å². The number of nitrogens with zero attached hydrogens (tertiary/aromatic N) is 2. The van der Waals surface area contributed by atoms with Crippen LogP contribution in [0, 0.1) is 5.92 Å². The van der Waals surface area contributed by atoms with Gasteiger partial charge in [0.2, 0.25) is 0 Å². The van der Waals surface area contributed by atoms with Gasteiger partial charge in [0, 0.05) is 25.7 Å². The van der Waals surface area contributed by atoms with E-state index in [-0.39, 0.29) is 0 Å². The van der Waals surface area contributed by atoms with Crippen LogP contribution in [-0.2, 0) is 6.54 Å². The van der Waals surface area contributed by atoms with Crippen LogP contribution in [-0.4, -0.2) is 48.6 Å². The molecular formula is C16H25N3. The van der Waals surface area contributed by atoms with Gasteiger partial charge in [0.25, 0.3) is 0 Å². The highest BCUT2D eigenvalue weighted by Crippen LogP contribution is 2.26. The molecule has 2 N–H and O–H groups in total. The zero-order valence-electron chi connectivity index (χ0n) is 11.7. The molecule has 2 aliphatic rings. The molecule has 3 nitrogen and oxygen atoms in total. The molecule has 0 spiro atoms. The van der Waals surface area contributed by atoms with Crippen LogP contribution in [0.1, 0.15) is 18.4 Å². The van der Waals surface area contributed by atoms with E-state index in [0.29, 0.717) is 0 Å². The Balaban J connectivity index is 1.62. The standard InChI is InChI=1S/C16H25N3/c17-10-15-9-16-13-18(7-4-8-19(16)12-15)11-14-5-2-1-3-6-14/h1-3,5-6,15-16H,4,7-13,17H2. The Kier molecular flexibility index (Phi) is 4.16. The van der Waals surface area contributed by atoms with E-state index < -0.39 is 0 Å². The summed E-state index contributed by atoms with van der Waals surface area (Å²) in [5.74, 6) is 0.724. The Morgan fingerprint density at radius 3 is 2.74 bits per heavy atom. The third-order valence-corrected chi connectivity index (χ3v) is 4.59. The lowest BCUT2D eigenvalue weighted by molar-refractivity contribution is 0.215. The van der Waals surface area contributed by atoms with Crippen molar-refractivity contribution < 1.29 is 0 Å². The zero-order chi connectivity index (χ0) is 13.1. The van der Waals surface area contributed by atoms with Crippen molar-refractivity contribution in [2.75, 3.05) is 32.7 Å². The average molecular weight is 259 g/mol. The number of hydrogen-bond donors (Lipinski definition) is 1. The second-order valence-electron chi connectivity index (χ2n) is 6.06. The van der Waals surface area contributed by atoms with Crippen LogP contribution in [0.15, 0.2) is 30.3 Å². The van der Waals surface area contributed by atoms with Gasteiger partial charge >= 0.3 is 0 Å². The Morgan fingerprint density at radius 1 is 1.11 bits per heavy atom. The molecule has 2 heterocycles. The lowest BCUT2D eigenvalue weighted by Gasteiger charge is -2.25. The van der Waals surface area contributed by atoms with Crippen LogP contribution in [0.3, 0.4) is 0 Å². The predicted octanol–water partition coefficient (Wildman–Crippen LogP) is 1.54. The molecular weight excluding hydrogens is 234 g/mol. The van der Waals surface area contributed by atoms with Gasteiger partial charge in [-0.15, -0.1) is 0 Å². The van der Waals surface area contributed by atoms with Crippen molar-refractivity contribution in [3.8, 4) is 0 Å². The van der Waals surface area contributed by atoms with E-state index in [1.165, 1.54) is 44.6 Å². The Hall–Kier alpha value is -0.900. The Bertz CT molecular complexity index is 392. The van der Waals surface area contributed by atoms with Gasteiger partial charge in [0.1, 0.15) is 0 Å². The topological polar surface area (TPSA) is 32.5 Å². The van der Waals surface area contributed by atoms with Crippen LogP contribution < -0.4 is 5.73 Å². The lowest BCUT2D eigenvalue weighted by atomic mass is 10.1. The summed E-state index contributed by atoms with van der Waals surface area (Å²) in [5, 5.41) is 0. The summed E-state index contributed by atoms with van der Waals surface area (Å²) in [7, 11) is 0. The second kappa shape index (κ2) is 6.04. The van der Waals surface area contributed by atoms with Gasteiger partial charge in [-0.25, -0.2) is 0 Å². The number of nitrogens with two attached hydrogens (primary N) is 1. The number of fused-ring (bicyclic) bond motifs is 1. The van der Waals surface area contributed by atoms with Crippen LogP contribution in [0.2, 0.25) is 0 Å². The molecule has 1 aromatic rings. The van der Waals surface area contributed by atoms with Crippen LogP contribution in [0.5, 0.6) is 0 Å². The highest BCUT2D eigenvalue weighted by molar-refractivity contribution is 5.14. The Morgan fingerprint density at radius 2 is 1.95 bits per heavy atom. The summed E-state index contributed by atoms with van der Waals surface area (Å²) in [6, 6.07) is 11.6. The molecule has 0 aliphatic carbocycles. The normalized spacial score (nSPS) is 29.1. The van der Waals surface area contributed by atoms with Gasteiger partial charge in [0.15, 0.2) is 0 Å². The third kappa shape index (κ3) is 3.16. The minimum absolute atomic E-state index is 0.724. The maximum absolute atomic E-state index is 5.85. The van der Waals surface area contributed by atoms with E-state index in [1.54, 1.807) is 0 Å². The average Bonchev–Trinajstić information content (AvgIpc) is 2.73. The fourth-order valence-corrected chi connectivity index (χ4v) is 3.60. The van der Waals surface area contributed by atoms with Crippen molar-refractivity contribution in [2.45, 2.75) is 25.4 Å². The molecule has 0 saturated carbocycles. The first-order valence-electron chi connectivity index (χ1n) is 7.55. The first-order valence-corrected chi connectivity index (χ1v) is 7.55. The molecule has 19 heavy (non-hydrogen) atoms. The maximum atomic E-state index is 5.85. The van der Waals surface area contributed by atoms with Gasteiger partial charge in [-0.05, 0) is 44.0 Å². The first kappa shape index (κ1) is 13.1. The van der Waals surface area contributed by atoms with Gasteiger partial charge in [-0.1, -0.05) is 30.3 Å². The van der Waals surface area contributed by atoms with E-state index in [2.05, 4.69) is 40.1 Å². The van der Waals surface area contributed by atoms with E-state index in [1.807, 2.05) is 0 Å². The van der Waals surface area contributed by atoms with Crippen molar-refractivity contribution in [3.63, 3.8) is 0 Å². The maximum Gasteiger partial charge on any atom is 0.0234 e. The zero-order valence-corrected chi connectivity index (χ0v) is 11.7. The summed E-state index contributed by atoms with van der Waals surface area (Å²) >= 11 is 0. The minimum Gasteiger partial charge on any atom is -0.330 e. The lowest BCUT2D eigenvalue weighted by Crippen LogP contribution is -2.36. The molecule has 3 rings (SSSR count). The van der Waals surface area contributed by atoms with E-state index >= 15 is 0 Å².